The summed E-state index contributed by atoms with van der Waals surface area (Å²) in [5.74, 6) is 3.22. The van der Waals surface area contributed by atoms with E-state index in [1.807, 2.05) is 24.3 Å². The van der Waals surface area contributed by atoms with Gasteiger partial charge in [-0.2, -0.15) is 0 Å². The minimum absolute atomic E-state index is 0.144. The second-order valence-electron chi connectivity index (χ2n) is 8.20. The molecule has 0 saturated heterocycles. The smallest absolute Gasteiger partial charge is 0.226 e. The van der Waals surface area contributed by atoms with E-state index in [2.05, 4.69) is 5.32 Å². The van der Waals surface area contributed by atoms with Gasteiger partial charge in [-0.25, -0.2) is 0 Å². The van der Waals surface area contributed by atoms with Gasteiger partial charge in [-0.3, -0.25) is 4.79 Å². The van der Waals surface area contributed by atoms with E-state index < -0.39 is 6.10 Å². The molecule has 1 aromatic rings. The summed E-state index contributed by atoms with van der Waals surface area (Å²) in [7, 11) is 1.62. The number of aliphatic hydroxyl groups excluding tert-OH is 1. The van der Waals surface area contributed by atoms with Gasteiger partial charge in [0.2, 0.25) is 5.91 Å². The maximum atomic E-state index is 12.9. The second-order valence-corrected chi connectivity index (χ2v) is 8.20. The van der Waals surface area contributed by atoms with Gasteiger partial charge in [-0.1, -0.05) is 12.1 Å². The normalized spacial score (nSPS) is 34.8. The van der Waals surface area contributed by atoms with Crippen LogP contribution in [0.15, 0.2) is 24.3 Å². The Morgan fingerprint density at radius 3 is 2.21 bits per heavy atom. The highest BCUT2D eigenvalue weighted by Gasteiger charge is 2.54. The first kappa shape index (κ1) is 15.9. The number of hydrogen-bond donors (Lipinski definition) is 2. The molecule has 130 valence electrons. The molecule has 2 N–H and O–H groups in total. The van der Waals surface area contributed by atoms with Crippen LogP contribution in [-0.4, -0.2) is 24.7 Å². The number of benzene rings is 1. The van der Waals surface area contributed by atoms with E-state index in [-0.39, 0.29) is 17.9 Å². The number of carbonyl (C=O) groups is 1. The van der Waals surface area contributed by atoms with Crippen molar-refractivity contribution in [1.29, 1.82) is 0 Å². The van der Waals surface area contributed by atoms with Crippen molar-refractivity contribution < 1.29 is 14.6 Å². The van der Waals surface area contributed by atoms with E-state index in [0.29, 0.717) is 0 Å². The van der Waals surface area contributed by atoms with Gasteiger partial charge in [-0.05, 0) is 74.0 Å². The van der Waals surface area contributed by atoms with Gasteiger partial charge in [0.15, 0.2) is 0 Å². The van der Waals surface area contributed by atoms with Crippen LogP contribution in [0.2, 0.25) is 0 Å². The zero-order valence-electron chi connectivity index (χ0n) is 14.3. The van der Waals surface area contributed by atoms with E-state index in [4.69, 9.17) is 4.74 Å². The van der Waals surface area contributed by atoms with Crippen LogP contribution in [0.4, 0.5) is 0 Å². The van der Waals surface area contributed by atoms with Crippen LogP contribution in [0.25, 0.3) is 0 Å². The molecule has 0 aromatic heterocycles. The summed E-state index contributed by atoms with van der Waals surface area (Å²) in [5, 5.41) is 13.4. The largest absolute Gasteiger partial charge is 0.497 e. The number of carbonyl (C=O) groups excluding carboxylic acids is 1. The molecule has 4 bridgehead atoms. The topological polar surface area (TPSA) is 58.6 Å². The molecule has 1 atom stereocenters. The number of nitrogens with one attached hydrogen (secondary N) is 1. The molecule has 0 aliphatic heterocycles. The average molecular weight is 329 g/mol. The van der Waals surface area contributed by atoms with E-state index in [9.17, 15) is 9.90 Å². The molecule has 0 radical (unpaired) electrons. The van der Waals surface area contributed by atoms with Crippen LogP contribution in [0.5, 0.6) is 5.75 Å². The Balaban J connectivity index is 1.37. The summed E-state index contributed by atoms with van der Waals surface area (Å²) in [4.78, 5) is 12.9. The fourth-order valence-electron chi connectivity index (χ4n) is 5.71. The Hall–Kier alpha value is -1.55. The number of rotatable bonds is 5. The molecule has 5 rings (SSSR count). The molecule has 0 spiro atoms. The van der Waals surface area contributed by atoms with Crippen LogP contribution in [0.3, 0.4) is 0 Å². The van der Waals surface area contributed by atoms with Crippen molar-refractivity contribution in [3.8, 4) is 5.75 Å². The van der Waals surface area contributed by atoms with E-state index >= 15 is 0 Å². The predicted molar refractivity (Wildman–Crippen MR) is 91.6 cm³/mol. The fourth-order valence-corrected chi connectivity index (χ4v) is 5.71. The Labute approximate surface area is 143 Å². The molecule has 4 fully saturated rings. The van der Waals surface area contributed by atoms with Crippen LogP contribution in [0, 0.1) is 23.2 Å². The zero-order valence-corrected chi connectivity index (χ0v) is 14.3. The van der Waals surface area contributed by atoms with Crippen LogP contribution in [-0.2, 0) is 4.79 Å². The van der Waals surface area contributed by atoms with E-state index in [0.717, 1.165) is 48.3 Å². The number of methoxy groups -OCH3 is 1. The monoisotopic (exact) mass is 329 g/mol. The van der Waals surface area contributed by atoms with Gasteiger partial charge in [0, 0.05) is 12.0 Å². The molecule has 1 aromatic carbocycles. The van der Waals surface area contributed by atoms with Gasteiger partial charge in [-0.15, -0.1) is 0 Å². The molecular formula is C20H27NO3. The van der Waals surface area contributed by atoms with Gasteiger partial charge in [0.05, 0.1) is 13.2 Å². The maximum Gasteiger partial charge on any atom is 0.226 e. The van der Waals surface area contributed by atoms with Gasteiger partial charge >= 0.3 is 0 Å². The highest BCUT2D eigenvalue weighted by Crippen LogP contribution is 2.60. The molecule has 4 saturated carbocycles. The van der Waals surface area contributed by atoms with Crippen LogP contribution >= 0.6 is 0 Å². The van der Waals surface area contributed by atoms with Crippen molar-refractivity contribution in [2.45, 2.75) is 44.6 Å². The lowest BCUT2D eigenvalue weighted by atomic mass is 9.49. The first-order chi connectivity index (χ1) is 11.6. The highest BCUT2D eigenvalue weighted by molar-refractivity contribution is 5.83. The number of hydrogen-bond acceptors (Lipinski definition) is 3. The molecule has 4 aliphatic carbocycles. The Bertz CT molecular complexity index is 575. The third-order valence-electron chi connectivity index (χ3n) is 6.48. The quantitative estimate of drug-likeness (QED) is 0.873. The fraction of sp³-hybridized carbons (Fsp3) is 0.650. The average Bonchev–Trinajstić information content (AvgIpc) is 2.58. The van der Waals surface area contributed by atoms with Gasteiger partial charge in [0.1, 0.15) is 5.75 Å². The lowest BCUT2D eigenvalue weighted by molar-refractivity contribution is -0.146. The van der Waals surface area contributed by atoms with Crippen molar-refractivity contribution in [1.82, 2.24) is 5.32 Å². The minimum atomic E-state index is -0.672. The predicted octanol–water partition coefficient (Wildman–Crippen LogP) is 3.06. The number of ether oxygens (including phenoxy) is 1. The second kappa shape index (κ2) is 6.07. The Morgan fingerprint density at radius 1 is 1.17 bits per heavy atom. The van der Waals surface area contributed by atoms with Crippen molar-refractivity contribution in [2.75, 3.05) is 13.7 Å². The van der Waals surface area contributed by atoms with Crippen molar-refractivity contribution in [3.05, 3.63) is 29.8 Å². The van der Waals surface area contributed by atoms with Crippen molar-refractivity contribution in [3.63, 3.8) is 0 Å². The zero-order chi connectivity index (χ0) is 16.7. The summed E-state index contributed by atoms with van der Waals surface area (Å²) in [6.07, 6.45) is 6.51. The number of aliphatic hydroxyl groups is 1. The molecular weight excluding hydrogens is 302 g/mol. The van der Waals surface area contributed by atoms with Crippen LogP contribution < -0.4 is 10.1 Å². The molecule has 4 heteroatoms. The minimum Gasteiger partial charge on any atom is -0.497 e. The summed E-state index contributed by atoms with van der Waals surface area (Å²) < 4.78 is 5.13. The third-order valence-corrected chi connectivity index (χ3v) is 6.48. The summed E-state index contributed by atoms with van der Waals surface area (Å²) in [6, 6.07) is 7.36. The van der Waals surface area contributed by atoms with Crippen molar-refractivity contribution >= 4 is 5.91 Å². The lowest BCUT2D eigenvalue weighted by Gasteiger charge is -2.55. The summed E-state index contributed by atoms with van der Waals surface area (Å²) in [6.45, 7) is 0.285. The molecule has 4 aliphatic rings. The summed E-state index contributed by atoms with van der Waals surface area (Å²) >= 11 is 0. The molecule has 4 nitrogen and oxygen atoms in total. The first-order valence-electron chi connectivity index (χ1n) is 9.18. The van der Waals surface area contributed by atoms with Crippen molar-refractivity contribution in [2.24, 2.45) is 23.2 Å². The molecule has 1 amide bonds. The molecule has 0 heterocycles. The Kier molecular flexibility index (Phi) is 4.03. The molecule has 1 unspecified atom stereocenters. The van der Waals surface area contributed by atoms with Gasteiger partial charge < -0.3 is 15.2 Å². The summed E-state index contributed by atoms with van der Waals surface area (Å²) in [5.41, 5.74) is 0.663. The maximum absolute atomic E-state index is 12.9. The SMILES string of the molecule is COc1ccc(C(O)CNC(=O)C23CC4CC(CC(C4)C2)C3)cc1. The Morgan fingerprint density at radius 2 is 1.71 bits per heavy atom. The van der Waals surface area contributed by atoms with Gasteiger partial charge in [0.25, 0.3) is 0 Å². The first-order valence-corrected chi connectivity index (χ1v) is 9.18. The third kappa shape index (κ3) is 2.81. The van der Waals surface area contributed by atoms with E-state index in [1.54, 1.807) is 7.11 Å². The highest BCUT2D eigenvalue weighted by atomic mass is 16.5. The van der Waals surface area contributed by atoms with E-state index in [1.165, 1.54) is 19.3 Å². The standard InChI is InChI=1S/C20H27NO3/c1-24-17-4-2-16(3-5-17)18(22)12-21-19(23)20-9-13-6-14(10-20)8-15(7-13)11-20/h2-5,13-15,18,22H,6-12H2,1H3,(H,21,23). The van der Waals surface area contributed by atoms with Crippen LogP contribution in [0.1, 0.15) is 50.2 Å². The molecule has 24 heavy (non-hydrogen) atoms. The lowest BCUT2D eigenvalue weighted by Crippen LogP contribution is -2.54. The number of amides is 1.